The van der Waals surface area contributed by atoms with Gasteiger partial charge >= 0.3 is 11.8 Å². The van der Waals surface area contributed by atoms with Crippen LogP contribution in [-0.4, -0.2) is 72.6 Å². The standard InChI is InChI=1S/C13H23N3O3/c1-13(2,3)19-7-6-15-9-10-8-14-4-5-16(10)12(18)11(15)17/h10,14H,4-9H2,1-3H3. The summed E-state index contributed by atoms with van der Waals surface area (Å²) in [7, 11) is 0. The van der Waals surface area contributed by atoms with E-state index in [1.54, 1.807) is 9.80 Å². The molecule has 2 aliphatic rings. The second-order valence-corrected chi connectivity index (χ2v) is 6.07. The van der Waals surface area contributed by atoms with Crippen LogP contribution in [0.1, 0.15) is 20.8 Å². The van der Waals surface area contributed by atoms with E-state index in [-0.39, 0.29) is 17.6 Å². The van der Waals surface area contributed by atoms with Crippen LogP contribution in [0.15, 0.2) is 0 Å². The lowest BCUT2D eigenvalue weighted by Gasteiger charge is -2.43. The maximum absolute atomic E-state index is 12.0. The molecule has 19 heavy (non-hydrogen) atoms. The van der Waals surface area contributed by atoms with Gasteiger partial charge in [0.05, 0.1) is 18.2 Å². The van der Waals surface area contributed by atoms with Crippen molar-refractivity contribution in [1.82, 2.24) is 15.1 Å². The van der Waals surface area contributed by atoms with Gasteiger partial charge in [0, 0.05) is 32.7 Å². The predicted molar refractivity (Wildman–Crippen MR) is 70.7 cm³/mol. The van der Waals surface area contributed by atoms with E-state index in [4.69, 9.17) is 4.74 Å². The van der Waals surface area contributed by atoms with Crippen LogP contribution in [0.2, 0.25) is 0 Å². The van der Waals surface area contributed by atoms with E-state index in [9.17, 15) is 9.59 Å². The van der Waals surface area contributed by atoms with Gasteiger partial charge in [0.2, 0.25) is 0 Å². The van der Waals surface area contributed by atoms with Gasteiger partial charge in [-0.25, -0.2) is 0 Å². The fourth-order valence-electron chi connectivity index (χ4n) is 2.44. The van der Waals surface area contributed by atoms with Gasteiger partial charge in [0.25, 0.3) is 0 Å². The molecule has 0 saturated carbocycles. The normalized spacial score (nSPS) is 24.7. The van der Waals surface area contributed by atoms with E-state index in [0.29, 0.717) is 26.2 Å². The monoisotopic (exact) mass is 269 g/mol. The van der Waals surface area contributed by atoms with Crippen LogP contribution in [0.25, 0.3) is 0 Å². The summed E-state index contributed by atoms with van der Waals surface area (Å²) in [5, 5.41) is 3.26. The predicted octanol–water partition coefficient (Wildman–Crippen LogP) is -0.556. The topological polar surface area (TPSA) is 61.9 Å². The molecule has 0 aromatic rings. The average Bonchev–Trinajstić information content (AvgIpc) is 2.34. The summed E-state index contributed by atoms with van der Waals surface area (Å²) in [4.78, 5) is 27.3. The second-order valence-electron chi connectivity index (χ2n) is 6.07. The summed E-state index contributed by atoms with van der Waals surface area (Å²) in [5.74, 6) is -0.760. The zero-order chi connectivity index (χ0) is 14.0. The van der Waals surface area contributed by atoms with E-state index in [1.165, 1.54) is 0 Å². The first-order valence-corrected chi connectivity index (χ1v) is 6.83. The minimum atomic E-state index is -0.393. The van der Waals surface area contributed by atoms with Crippen molar-refractivity contribution in [2.24, 2.45) is 0 Å². The van der Waals surface area contributed by atoms with E-state index in [1.807, 2.05) is 20.8 Å². The number of nitrogens with zero attached hydrogens (tertiary/aromatic N) is 2. The van der Waals surface area contributed by atoms with E-state index < -0.39 is 5.91 Å². The molecule has 6 heteroatoms. The Kier molecular flexibility index (Phi) is 4.10. The highest BCUT2D eigenvalue weighted by Gasteiger charge is 2.39. The van der Waals surface area contributed by atoms with E-state index in [2.05, 4.69) is 5.32 Å². The van der Waals surface area contributed by atoms with Crippen LogP contribution in [0.3, 0.4) is 0 Å². The number of carbonyl (C=O) groups is 2. The molecular weight excluding hydrogens is 246 g/mol. The molecule has 2 amide bonds. The maximum atomic E-state index is 12.0. The first-order valence-electron chi connectivity index (χ1n) is 6.83. The Labute approximate surface area is 114 Å². The lowest BCUT2D eigenvalue weighted by Crippen LogP contribution is -2.65. The largest absolute Gasteiger partial charge is 0.374 e. The first kappa shape index (κ1) is 14.3. The molecule has 0 radical (unpaired) electrons. The van der Waals surface area contributed by atoms with Crippen LogP contribution in [-0.2, 0) is 14.3 Å². The van der Waals surface area contributed by atoms with Gasteiger partial charge in [-0.3, -0.25) is 9.59 Å². The van der Waals surface area contributed by atoms with Crippen molar-refractivity contribution in [3.63, 3.8) is 0 Å². The molecule has 0 aliphatic carbocycles. The number of nitrogens with one attached hydrogen (secondary N) is 1. The zero-order valence-electron chi connectivity index (χ0n) is 11.9. The molecule has 2 rings (SSSR count). The number of rotatable bonds is 3. The summed E-state index contributed by atoms with van der Waals surface area (Å²) < 4.78 is 5.62. The lowest BCUT2D eigenvalue weighted by molar-refractivity contribution is -0.160. The molecule has 6 nitrogen and oxygen atoms in total. The second kappa shape index (κ2) is 5.46. The molecule has 2 heterocycles. The van der Waals surface area contributed by atoms with Crippen LogP contribution < -0.4 is 5.32 Å². The molecule has 2 saturated heterocycles. The summed E-state index contributed by atoms with van der Waals surface area (Å²) in [6.07, 6.45) is 0. The summed E-state index contributed by atoms with van der Waals surface area (Å²) in [6, 6.07) is 0.105. The molecule has 1 N–H and O–H groups in total. The van der Waals surface area contributed by atoms with Gasteiger partial charge in [-0.05, 0) is 20.8 Å². The Balaban J connectivity index is 1.91. The van der Waals surface area contributed by atoms with Gasteiger partial charge in [0.1, 0.15) is 0 Å². The van der Waals surface area contributed by atoms with Crippen molar-refractivity contribution in [3.05, 3.63) is 0 Å². The minimum absolute atomic E-state index is 0.105. The molecular formula is C13H23N3O3. The quantitative estimate of drug-likeness (QED) is 0.698. The number of carbonyl (C=O) groups excluding carboxylic acids is 2. The number of hydrogen-bond donors (Lipinski definition) is 1. The van der Waals surface area contributed by atoms with Crippen LogP contribution >= 0.6 is 0 Å². The molecule has 0 spiro atoms. The van der Waals surface area contributed by atoms with Crippen molar-refractivity contribution < 1.29 is 14.3 Å². The Bertz CT molecular complexity index is 365. The molecule has 2 fully saturated rings. The van der Waals surface area contributed by atoms with Crippen molar-refractivity contribution in [2.45, 2.75) is 32.4 Å². The molecule has 0 aromatic carbocycles. The third kappa shape index (κ3) is 3.45. The molecule has 2 aliphatic heterocycles. The Morgan fingerprint density at radius 2 is 2.05 bits per heavy atom. The van der Waals surface area contributed by atoms with Gasteiger partial charge in [0.15, 0.2) is 0 Å². The fraction of sp³-hybridized carbons (Fsp3) is 0.846. The SMILES string of the molecule is CC(C)(C)OCCN1CC2CNCCN2C(=O)C1=O. The van der Waals surface area contributed by atoms with Gasteiger partial charge in [-0.15, -0.1) is 0 Å². The Morgan fingerprint density at radius 3 is 2.74 bits per heavy atom. The van der Waals surface area contributed by atoms with E-state index >= 15 is 0 Å². The minimum Gasteiger partial charge on any atom is -0.374 e. The molecule has 1 atom stereocenters. The van der Waals surface area contributed by atoms with Gasteiger partial charge < -0.3 is 19.9 Å². The van der Waals surface area contributed by atoms with Crippen LogP contribution in [0.4, 0.5) is 0 Å². The highest BCUT2D eigenvalue weighted by Crippen LogP contribution is 2.14. The summed E-state index contributed by atoms with van der Waals surface area (Å²) >= 11 is 0. The fourth-order valence-corrected chi connectivity index (χ4v) is 2.44. The molecule has 108 valence electrons. The average molecular weight is 269 g/mol. The highest BCUT2D eigenvalue weighted by atomic mass is 16.5. The number of ether oxygens (including phenoxy) is 1. The number of amides is 2. The highest BCUT2D eigenvalue weighted by molar-refractivity contribution is 6.35. The maximum Gasteiger partial charge on any atom is 0.312 e. The zero-order valence-corrected chi connectivity index (χ0v) is 11.9. The van der Waals surface area contributed by atoms with Crippen LogP contribution in [0.5, 0.6) is 0 Å². The van der Waals surface area contributed by atoms with Crippen molar-refractivity contribution in [2.75, 3.05) is 39.3 Å². The van der Waals surface area contributed by atoms with E-state index in [0.717, 1.165) is 13.1 Å². The Morgan fingerprint density at radius 1 is 1.32 bits per heavy atom. The third-order valence-corrected chi connectivity index (χ3v) is 3.41. The molecule has 1 unspecified atom stereocenters. The van der Waals surface area contributed by atoms with Crippen molar-refractivity contribution in [1.29, 1.82) is 0 Å². The Hall–Kier alpha value is -1.14. The number of fused-ring (bicyclic) bond motifs is 1. The molecule has 0 aromatic heterocycles. The smallest absolute Gasteiger partial charge is 0.312 e. The number of piperazine rings is 2. The lowest BCUT2D eigenvalue weighted by atomic mass is 10.1. The summed E-state index contributed by atoms with van der Waals surface area (Å²) in [6.45, 7) is 9.62. The number of hydrogen-bond acceptors (Lipinski definition) is 4. The van der Waals surface area contributed by atoms with Gasteiger partial charge in [-0.1, -0.05) is 0 Å². The van der Waals surface area contributed by atoms with Crippen molar-refractivity contribution >= 4 is 11.8 Å². The van der Waals surface area contributed by atoms with Gasteiger partial charge in [-0.2, -0.15) is 0 Å². The van der Waals surface area contributed by atoms with Crippen LogP contribution in [0, 0.1) is 0 Å². The summed E-state index contributed by atoms with van der Waals surface area (Å²) in [5.41, 5.74) is -0.221. The van der Waals surface area contributed by atoms with Crippen molar-refractivity contribution in [3.8, 4) is 0 Å². The first-order chi connectivity index (χ1) is 8.88. The molecule has 0 bridgehead atoms. The third-order valence-electron chi connectivity index (χ3n) is 3.41.